The number of amides is 1. The molecular weight excluding hydrogens is 877 g/mol. The van der Waals surface area contributed by atoms with Crippen LogP contribution in [0.3, 0.4) is 0 Å². The Morgan fingerprint density at radius 2 is 1.66 bits per heavy atom. The molecule has 3 aliphatic rings. The van der Waals surface area contributed by atoms with E-state index in [0.29, 0.717) is 24.8 Å². The Balaban J connectivity index is 1.45. The van der Waals surface area contributed by atoms with Gasteiger partial charge in [0.25, 0.3) is 5.91 Å². The smallest absolute Gasteiger partial charge is 0.307 e. The number of methoxy groups -OCH3 is 1. The average molecular weight is 941 g/mol. The molecule has 0 radical (unpaired) electrons. The fourth-order valence-electron chi connectivity index (χ4n) is 9.77. The van der Waals surface area contributed by atoms with E-state index in [1.165, 1.54) is 53.2 Å². The van der Waals surface area contributed by atoms with E-state index in [9.17, 15) is 39.6 Å². The fraction of sp³-hybridized carbons (Fsp3) is 0.510. The number of hydrogen-bond acceptors (Lipinski definition) is 16. The Bertz CT molecular complexity index is 2900. The van der Waals surface area contributed by atoms with Crippen LogP contribution in [0.2, 0.25) is 0 Å². The van der Waals surface area contributed by atoms with E-state index in [0.717, 1.165) is 12.8 Å². The molecule has 1 saturated heterocycles. The Kier molecular flexibility index (Phi) is 14.3. The van der Waals surface area contributed by atoms with Crippen molar-refractivity contribution in [3.8, 4) is 11.5 Å². The van der Waals surface area contributed by atoms with Crippen molar-refractivity contribution in [2.45, 2.75) is 111 Å². The highest BCUT2D eigenvalue weighted by Crippen LogP contribution is 2.42. The van der Waals surface area contributed by atoms with Crippen molar-refractivity contribution in [2.75, 3.05) is 44.5 Å². The second kappa shape index (κ2) is 19.5. The van der Waals surface area contributed by atoms with Crippen molar-refractivity contribution in [3.63, 3.8) is 0 Å². The van der Waals surface area contributed by atoms with Crippen LogP contribution >= 0.6 is 0 Å². The average Bonchev–Trinajstić information content (AvgIpc) is 3.57. The van der Waals surface area contributed by atoms with Crippen LogP contribution in [0.15, 0.2) is 62.3 Å². The van der Waals surface area contributed by atoms with Crippen LogP contribution < -0.4 is 31.0 Å². The van der Waals surface area contributed by atoms with Gasteiger partial charge in [-0.05, 0) is 59.2 Å². The summed E-state index contributed by atoms with van der Waals surface area (Å²) in [6.45, 7) is 14.2. The van der Waals surface area contributed by atoms with Crippen molar-refractivity contribution in [2.24, 2.45) is 23.7 Å². The van der Waals surface area contributed by atoms with E-state index in [1.807, 2.05) is 27.9 Å². The first-order valence-corrected chi connectivity index (χ1v) is 23.1. The molecule has 7 rings (SSSR count). The molecule has 0 saturated carbocycles. The number of fused-ring (bicyclic) bond motifs is 2. The quantitative estimate of drug-likeness (QED) is 0.0969. The van der Waals surface area contributed by atoms with E-state index in [1.54, 1.807) is 38.1 Å². The van der Waals surface area contributed by atoms with Gasteiger partial charge in [-0.15, -0.1) is 0 Å². The van der Waals surface area contributed by atoms with Gasteiger partial charge in [0.15, 0.2) is 22.4 Å². The molecule has 0 aliphatic carbocycles. The van der Waals surface area contributed by atoms with Gasteiger partial charge in [0.2, 0.25) is 10.9 Å². The first kappa shape index (κ1) is 49.9. The predicted octanol–water partition coefficient (Wildman–Crippen LogP) is 5.48. The van der Waals surface area contributed by atoms with Gasteiger partial charge in [-0.2, -0.15) is 0 Å². The summed E-state index contributed by atoms with van der Waals surface area (Å²) in [5.41, 5.74) is -1.33. The molecule has 17 heteroatoms. The molecule has 17 nitrogen and oxygen atoms in total. The first-order chi connectivity index (χ1) is 32.1. The normalized spacial score (nSPS) is 29.7. The van der Waals surface area contributed by atoms with Crippen molar-refractivity contribution >= 4 is 62.0 Å². The summed E-state index contributed by atoms with van der Waals surface area (Å²) in [5.74, 6) is -6.37. The van der Waals surface area contributed by atoms with Crippen LogP contribution in [0.25, 0.3) is 38.7 Å². The highest BCUT2D eigenvalue weighted by molar-refractivity contribution is 6.16. The van der Waals surface area contributed by atoms with Gasteiger partial charge >= 0.3 is 11.8 Å². The standard InChI is InChI=1S/C51H64N4O13/c1-24-13-12-14-25(2)50(63)53-42-46(61)38-37(41-48(42)67-36-23-32(22-33(57)40(36)52-41)55-18-15-31(16-19-55)54(9)10)39-47(29(6)45(38)60)68-51(8,49(39)62)65-20-17-34(64-11)27(4)35(66-30(7)56)21-26(3)44(59)28(5)43(24)58/h12-14,17,20,22-24,26-28,31,34-35,43-44,58-60,62H,15-16,18-19,21H2,1-11H3,(H,53,63)/b13-12+,20-17+,25-14-/t24-,26-,27+,28+,34-,35-,43-,44-,51-/m0/s1. The number of ether oxygens (including phenoxy) is 4. The lowest BCUT2D eigenvalue weighted by Gasteiger charge is -2.36. The number of allylic oxidation sites excluding steroid dienone is 2. The molecule has 4 bridgehead atoms. The number of nitrogens with zero attached hydrogens (tertiary/aromatic N) is 3. The molecule has 366 valence electrons. The number of aliphatic hydroxyl groups excluding tert-OH is 3. The van der Waals surface area contributed by atoms with Crippen LogP contribution in [0.5, 0.6) is 11.5 Å². The van der Waals surface area contributed by atoms with Crippen molar-refractivity contribution in [1.82, 2.24) is 9.88 Å². The number of aromatic nitrogens is 1. The largest absolute Gasteiger partial charge is 0.507 e. The summed E-state index contributed by atoms with van der Waals surface area (Å²) >= 11 is 0. The van der Waals surface area contributed by atoms with E-state index in [2.05, 4.69) is 15.1 Å². The van der Waals surface area contributed by atoms with Crippen LogP contribution in [-0.4, -0.2) is 113 Å². The number of anilines is 2. The van der Waals surface area contributed by atoms with E-state index >= 15 is 0 Å². The second-order valence-electron chi connectivity index (χ2n) is 19.1. The van der Waals surface area contributed by atoms with E-state index < -0.39 is 88.1 Å². The van der Waals surface area contributed by atoms with Gasteiger partial charge in [-0.3, -0.25) is 19.2 Å². The van der Waals surface area contributed by atoms with Gasteiger partial charge in [0.1, 0.15) is 28.8 Å². The van der Waals surface area contributed by atoms with E-state index in [4.69, 9.17) is 28.3 Å². The molecule has 1 amide bonds. The summed E-state index contributed by atoms with van der Waals surface area (Å²) in [4.78, 5) is 64.4. The van der Waals surface area contributed by atoms with Gasteiger partial charge in [-0.1, -0.05) is 45.9 Å². The maximum atomic E-state index is 14.9. The second-order valence-corrected chi connectivity index (χ2v) is 19.1. The van der Waals surface area contributed by atoms with Crippen LogP contribution in [0.1, 0.15) is 73.3 Å². The number of aliphatic hydroxyl groups is 3. The number of aromatic hydroxyl groups is 1. The molecule has 4 aromatic rings. The number of carbonyl (C=O) groups excluding carboxylic acids is 2. The lowest BCUT2D eigenvalue weighted by molar-refractivity contribution is -0.153. The first-order valence-electron chi connectivity index (χ1n) is 23.1. The van der Waals surface area contributed by atoms with Crippen molar-refractivity contribution in [3.05, 3.63) is 79.5 Å². The minimum absolute atomic E-state index is 0.0398. The maximum Gasteiger partial charge on any atom is 0.307 e. The molecule has 0 unspecified atom stereocenters. The third-order valence-corrected chi connectivity index (χ3v) is 14.2. The minimum Gasteiger partial charge on any atom is -0.507 e. The molecule has 1 aromatic heterocycles. The number of phenols is 1. The lowest BCUT2D eigenvalue weighted by atomic mass is 9.80. The lowest BCUT2D eigenvalue weighted by Crippen LogP contribution is -2.42. The molecule has 1 fully saturated rings. The monoisotopic (exact) mass is 940 g/mol. The summed E-state index contributed by atoms with van der Waals surface area (Å²) in [6, 6.07) is 3.54. The van der Waals surface area contributed by atoms with Crippen molar-refractivity contribution in [1.29, 1.82) is 0 Å². The molecule has 0 spiro atoms. The zero-order valence-corrected chi connectivity index (χ0v) is 40.6. The third kappa shape index (κ3) is 9.28. The Morgan fingerprint density at radius 3 is 2.31 bits per heavy atom. The molecule has 5 N–H and O–H groups in total. The number of phenolic OH excluding ortho intramolecular Hbond substituents is 1. The topological polar surface area (TPSA) is 231 Å². The van der Waals surface area contributed by atoms with Gasteiger partial charge < -0.3 is 58.9 Å². The number of esters is 1. The number of carbonyl (C=O) groups is 2. The summed E-state index contributed by atoms with van der Waals surface area (Å²) in [7, 11) is 5.54. The van der Waals surface area contributed by atoms with Crippen LogP contribution in [0.4, 0.5) is 11.4 Å². The van der Waals surface area contributed by atoms with Crippen molar-refractivity contribution < 1.29 is 53.4 Å². The highest BCUT2D eigenvalue weighted by Gasteiger charge is 2.44. The van der Waals surface area contributed by atoms with Crippen LogP contribution in [-0.2, 0) is 23.8 Å². The minimum atomic E-state index is -1.97. The Hall–Kier alpha value is -6.01. The molecular formula is C51H64N4O13. The number of piperidine rings is 1. The number of hydrogen-bond donors (Lipinski definition) is 5. The van der Waals surface area contributed by atoms with E-state index in [-0.39, 0.29) is 67.2 Å². The Labute approximate surface area is 394 Å². The van der Waals surface area contributed by atoms with Gasteiger partial charge in [-0.25, -0.2) is 4.98 Å². The predicted molar refractivity (Wildman–Crippen MR) is 259 cm³/mol. The summed E-state index contributed by atoms with van der Waals surface area (Å²) < 4.78 is 30.5. The SMILES string of the molecule is CO[C@H]1/C=C/O[C@@]2(C)Oc3c(C)c(O)c4c(=O)c(c5oc6cc(N7CCC(N(C)C)CC7)cc(=O)c6nc5c4c3=C2O)NC(=O)/C(C)=C\C=C\[C@H](C)[C@H](O)[C@@H](C)[C@@H](O)[C@@H](C)C[C@H](OC(C)=O)[C@@H]1C. The zero-order chi connectivity index (χ0) is 49.7. The Morgan fingerprint density at radius 1 is 0.971 bits per heavy atom. The molecule has 68 heavy (non-hydrogen) atoms. The number of benzene rings is 3. The maximum absolute atomic E-state index is 14.9. The molecule has 9 atom stereocenters. The van der Waals surface area contributed by atoms with Gasteiger partial charge in [0, 0.05) is 92.2 Å². The summed E-state index contributed by atoms with van der Waals surface area (Å²) in [5, 5.41) is 49.1. The van der Waals surface area contributed by atoms with Gasteiger partial charge in [0.05, 0.1) is 35.2 Å². The molecule has 4 heterocycles. The molecule has 3 aromatic carbocycles. The molecule has 3 aliphatic heterocycles. The van der Waals surface area contributed by atoms with Crippen LogP contribution in [0, 0.1) is 30.6 Å². The zero-order valence-electron chi connectivity index (χ0n) is 40.6. The third-order valence-electron chi connectivity index (χ3n) is 14.2. The number of nitrogens with one attached hydrogen (secondary N) is 1. The highest BCUT2D eigenvalue weighted by atomic mass is 16.7. The fourth-order valence-corrected chi connectivity index (χ4v) is 9.77. The summed E-state index contributed by atoms with van der Waals surface area (Å²) in [6.07, 6.45) is 6.03. The number of rotatable bonds is 4.